The van der Waals surface area contributed by atoms with Gasteiger partial charge in [0.2, 0.25) is 11.0 Å². The molecule has 0 atom stereocenters. The van der Waals surface area contributed by atoms with E-state index in [4.69, 9.17) is 17.1 Å². The van der Waals surface area contributed by atoms with Gasteiger partial charge in [0.05, 0.1) is 23.7 Å². The minimum atomic E-state index is -4.76. The van der Waals surface area contributed by atoms with Crippen molar-refractivity contribution in [2.75, 3.05) is 10.7 Å². The van der Waals surface area contributed by atoms with E-state index < -0.39 is 6.36 Å². The quantitative estimate of drug-likeness (QED) is 0.168. The van der Waals surface area contributed by atoms with Gasteiger partial charge >= 0.3 is 6.36 Å². The molecule has 3 aromatic carbocycles. The Kier molecular flexibility index (Phi) is 9.32. The summed E-state index contributed by atoms with van der Waals surface area (Å²) in [6, 6.07) is 18.7. The lowest BCUT2D eigenvalue weighted by Crippen LogP contribution is -2.32. The van der Waals surface area contributed by atoms with Crippen molar-refractivity contribution in [3.63, 3.8) is 0 Å². The number of nitrogens with zero attached hydrogens (tertiary/aromatic N) is 5. The van der Waals surface area contributed by atoms with Gasteiger partial charge in [0, 0.05) is 5.56 Å². The van der Waals surface area contributed by atoms with Crippen molar-refractivity contribution in [1.82, 2.24) is 20.2 Å². The normalized spacial score (nSPS) is 14.5. The predicted octanol–water partition coefficient (Wildman–Crippen LogP) is 6.71. The van der Waals surface area contributed by atoms with Crippen molar-refractivity contribution in [2.45, 2.75) is 39.7 Å². The molecular formula is C30H27F3N6O3S2. The van der Waals surface area contributed by atoms with Gasteiger partial charge in [-0.15, -0.1) is 18.3 Å². The molecule has 0 bridgehead atoms. The molecule has 1 N–H and O–H groups in total. The number of thioether (sulfide) groups is 1. The highest BCUT2D eigenvalue weighted by Gasteiger charge is 2.32. The van der Waals surface area contributed by atoms with Crippen molar-refractivity contribution in [2.24, 2.45) is 4.99 Å². The predicted molar refractivity (Wildman–Crippen MR) is 167 cm³/mol. The minimum Gasteiger partial charge on any atom is -0.406 e. The van der Waals surface area contributed by atoms with Gasteiger partial charge < -0.3 is 4.74 Å². The second kappa shape index (κ2) is 13.2. The molecule has 2 heterocycles. The van der Waals surface area contributed by atoms with Crippen LogP contribution in [0.2, 0.25) is 0 Å². The molecule has 1 saturated heterocycles. The first-order chi connectivity index (χ1) is 21.0. The number of hydrogen-bond acceptors (Lipinski definition) is 7. The molecule has 1 aliphatic heterocycles. The number of alkyl halides is 3. The van der Waals surface area contributed by atoms with Crippen LogP contribution < -0.4 is 15.1 Å². The number of nitrogens with one attached hydrogen (secondary N) is 1. The maximum Gasteiger partial charge on any atom is 0.573 e. The van der Waals surface area contributed by atoms with E-state index in [1.165, 1.54) is 47.0 Å². The lowest BCUT2D eigenvalue weighted by molar-refractivity contribution is -0.274. The summed E-state index contributed by atoms with van der Waals surface area (Å²) in [6.45, 7) is 6.33. The summed E-state index contributed by atoms with van der Waals surface area (Å²) in [5, 5.41) is 4.99. The van der Waals surface area contributed by atoms with Crippen LogP contribution in [0.4, 0.5) is 18.9 Å². The molecule has 14 heteroatoms. The van der Waals surface area contributed by atoms with E-state index in [0.717, 1.165) is 27.9 Å². The number of aromatic nitrogens is 3. The molecular weight excluding hydrogens is 613 g/mol. The zero-order chi connectivity index (χ0) is 31.4. The maximum atomic E-state index is 12.8. The number of halogens is 3. The summed E-state index contributed by atoms with van der Waals surface area (Å²) >= 11 is 6.69. The lowest BCUT2D eigenvalue weighted by Gasteiger charge is -2.22. The summed E-state index contributed by atoms with van der Waals surface area (Å²) in [5.41, 5.74) is 7.67. The summed E-state index contributed by atoms with van der Waals surface area (Å²) in [6.07, 6.45) is -3.29. The fourth-order valence-electron chi connectivity index (χ4n) is 4.38. The zero-order valence-corrected chi connectivity index (χ0v) is 25.5. The first-order valence-electron chi connectivity index (χ1n) is 13.4. The Morgan fingerprint density at radius 3 is 2.52 bits per heavy atom. The highest BCUT2D eigenvalue weighted by Crippen LogP contribution is 2.34. The molecule has 1 aliphatic rings. The van der Waals surface area contributed by atoms with E-state index in [1.807, 2.05) is 49.4 Å². The number of aliphatic imine (C=N–C) groups is 1. The first kappa shape index (κ1) is 31.2. The third-order valence-corrected chi connectivity index (χ3v) is 7.55. The van der Waals surface area contributed by atoms with Gasteiger partial charge in [0.25, 0.3) is 0 Å². The monoisotopic (exact) mass is 640 g/mol. The van der Waals surface area contributed by atoms with E-state index in [0.29, 0.717) is 16.7 Å². The maximum absolute atomic E-state index is 12.8. The number of anilines is 1. The number of amidine groups is 1. The van der Waals surface area contributed by atoms with Crippen molar-refractivity contribution in [3.8, 4) is 22.8 Å². The Morgan fingerprint density at radius 1 is 1.11 bits per heavy atom. The lowest BCUT2D eigenvalue weighted by atomic mass is 9.99. The third-order valence-electron chi connectivity index (χ3n) is 6.45. The van der Waals surface area contributed by atoms with E-state index in [1.54, 1.807) is 4.90 Å². The van der Waals surface area contributed by atoms with Gasteiger partial charge in [-0.1, -0.05) is 62.0 Å². The van der Waals surface area contributed by atoms with Crippen LogP contribution in [-0.2, 0) is 16.2 Å². The number of benzene rings is 3. The second-order valence-electron chi connectivity index (χ2n) is 10.1. The fourth-order valence-corrected chi connectivity index (χ4v) is 5.45. The number of thiocarbonyl (C=S) groups is 1. The number of hydrogen-bond donors (Lipinski definition) is 1. The van der Waals surface area contributed by atoms with E-state index in [2.05, 4.69) is 39.1 Å². The summed E-state index contributed by atoms with van der Waals surface area (Å²) in [5.74, 6) is 0.553. The van der Waals surface area contributed by atoms with Crippen LogP contribution in [-0.4, -0.2) is 43.1 Å². The molecule has 1 amide bonds. The van der Waals surface area contributed by atoms with Crippen LogP contribution in [0, 0.1) is 6.92 Å². The topological polar surface area (TPSA) is 93.9 Å². The number of amides is 1. The summed E-state index contributed by atoms with van der Waals surface area (Å²) in [7, 11) is 0. The summed E-state index contributed by atoms with van der Waals surface area (Å²) < 4.78 is 42.5. The van der Waals surface area contributed by atoms with Crippen LogP contribution in [0.25, 0.3) is 17.1 Å². The largest absolute Gasteiger partial charge is 0.573 e. The highest BCUT2D eigenvalue weighted by atomic mass is 32.2. The van der Waals surface area contributed by atoms with Crippen molar-refractivity contribution < 1.29 is 27.5 Å². The Bertz CT molecular complexity index is 1690. The average molecular weight is 641 g/mol. The van der Waals surface area contributed by atoms with Gasteiger partial charge in [-0.3, -0.25) is 14.5 Å². The number of rotatable bonds is 8. The van der Waals surface area contributed by atoms with Gasteiger partial charge in [-0.05, 0) is 72.1 Å². The van der Waals surface area contributed by atoms with Crippen molar-refractivity contribution in [1.29, 1.82) is 0 Å². The van der Waals surface area contributed by atoms with Crippen molar-refractivity contribution in [3.05, 3.63) is 89.7 Å². The number of hydroxylamine groups is 1. The first-order valence-corrected chi connectivity index (χ1v) is 14.8. The zero-order valence-electron chi connectivity index (χ0n) is 23.8. The molecule has 228 valence electrons. The number of carbonyl (C=O) groups excluding carboxylic acids is 1. The highest BCUT2D eigenvalue weighted by molar-refractivity contribution is 8.15. The van der Waals surface area contributed by atoms with Crippen molar-refractivity contribution >= 4 is 45.9 Å². The molecule has 0 aliphatic carbocycles. The average Bonchev–Trinajstić information content (AvgIpc) is 3.60. The van der Waals surface area contributed by atoms with Crippen LogP contribution in [0.1, 0.15) is 36.5 Å². The van der Waals surface area contributed by atoms with Gasteiger partial charge in [-0.25, -0.2) is 15.1 Å². The Morgan fingerprint density at radius 2 is 1.84 bits per heavy atom. The van der Waals surface area contributed by atoms with Crippen LogP contribution in [0.3, 0.4) is 0 Å². The van der Waals surface area contributed by atoms with Gasteiger partial charge in [-0.2, -0.15) is 4.99 Å². The van der Waals surface area contributed by atoms with E-state index in [9.17, 15) is 18.0 Å². The summed E-state index contributed by atoms with van der Waals surface area (Å²) in [4.78, 5) is 28.7. The minimum absolute atomic E-state index is 0.0576. The fraction of sp³-hybridized carbons (Fsp3) is 0.233. The Hall–Kier alpha value is -4.27. The molecule has 4 aromatic rings. The Labute approximate surface area is 261 Å². The molecule has 44 heavy (non-hydrogen) atoms. The molecule has 0 saturated carbocycles. The van der Waals surface area contributed by atoms with E-state index >= 15 is 0 Å². The molecule has 1 fully saturated rings. The molecule has 5 rings (SSSR count). The second-order valence-corrected chi connectivity index (χ2v) is 11.4. The van der Waals surface area contributed by atoms with Gasteiger partial charge in [0.1, 0.15) is 12.1 Å². The van der Waals surface area contributed by atoms with E-state index in [-0.39, 0.29) is 35.0 Å². The SMILES string of the molecule is Cc1ccc(C(C)C)c(N2C(=O)CSC2=NC(=S)NOCc2ccc(-c3ncn(-c4ccc(OC(F)(F)F)cc4)n3)cc2)c1. The third kappa shape index (κ3) is 7.62. The smallest absolute Gasteiger partial charge is 0.406 e. The number of ether oxygens (including phenoxy) is 1. The molecule has 0 radical (unpaired) electrons. The standard InChI is InChI=1S/C30H27F3N6O3S2/c1-18(2)24-13-4-19(3)14-25(24)39-26(40)16-44-29(39)35-28(43)37-41-15-20-5-7-21(8-6-20)27-34-17-38(36-27)22-9-11-23(12-10-22)42-30(31,32)33/h4-14,17-18H,15-16H2,1-3H3,(H,37,43). The molecule has 0 spiro atoms. The number of carbonyl (C=O) groups is 1. The van der Waals surface area contributed by atoms with Crippen LogP contribution in [0.15, 0.2) is 78.0 Å². The van der Waals surface area contributed by atoms with Gasteiger partial charge in [0.15, 0.2) is 11.0 Å². The number of aryl methyl sites for hydroxylation is 1. The molecule has 1 aromatic heterocycles. The van der Waals surface area contributed by atoms with Crippen LogP contribution in [0.5, 0.6) is 5.75 Å². The van der Waals surface area contributed by atoms with Crippen LogP contribution >= 0.6 is 24.0 Å². The molecule has 0 unspecified atom stereocenters. The Balaban J connectivity index is 1.17. The molecule has 9 nitrogen and oxygen atoms in total.